The minimum absolute atomic E-state index is 0.00602. The van der Waals surface area contributed by atoms with Crippen molar-refractivity contribution in [3.8, 4) is 23.5 Å². The van der Waals surface area contributed by atoms with Crippen LogP contribution in [0.15, 0.2) is 48.5 Å². The molecule has 3 aliphatic rings. The largest absolute Gasteiger partial charge is 0.448 e. The summed E-state index contributed by atoms with van der Waals surface area (Å²) >= 11 is 0. The van der Waals surface area contributed by atoms with Gasteiger partial charge in [-0.05, 0) is 54.4 Å². The predicted molar refractivity (Wildman–Crippen MR) is 116 cm³/mol. The van der Waals surface area contributed by atoms with Crippen molar-refractivity contribution in [2.24, 2.45) is 0 Å². The van der Waals surface area contributed by atoms with Gasteiger partial charge in [0.15, 0.2) is 0 Å². The summed E-state index contributed by atoms with van der Waals surface area (Å²) in [5, 5.41) is 10.9. The standard InChI is InChI=1S/C26H27NO3/c1-2-14-26(29)15-18-8-7-9-19(16-26)27(18)25(28)30-17-24-22-12-5-3-10-20(22)21-11-4-6-13-23(21)24/h1,3-6,10-13,18-19,24,29H,7-9,14-17H2. The molecule has 30 heavy (non-hydrogen) atoms. The molecule has 2 aliphatic heterocycles. The van der Waals surface area contributed by atoms with Crippen molar-refractivity contribution in [1.29, 1.82) is 0 Å². The van der Waals surface area contributed by atoms with Gasteiger partial charge in [-0.3, -0.25) is 0 Å². The van der Waals surface area contributed by atoms with Crippen molar-refractivity contribution in [3.05, 3.63) is 59.7 Å². The number of amides is 1. The highest BCUT2D eigenvalue weighted by Crippen LogP contribution is 2.45. The molecule has 2 bridgehead atoms. The lowest BCUT2D eigenvalue weighted by Crippen LogP contribution is -2.59. The SMILES string of the molecule is C#CCC1(O)CC2CCCC(C1)N2C(=O)OCC1c2ccccc2-c2ccccc21. The van der Waals surface area contributed by atoms with Gasteiger partial charge in [-0.2, -0.15) is 0 Å². The average molecular weight is 402 g/mol. The van der Waals surface area contributed by atoms with E-state index in [0.29, 0.717) is 25.9 Å². The van der Waals surface area contributed by atoms with Crippen molar-refractivity contribution in [2.75, 3.05) is 6.61 Å². The number of fused-ring (bicyclic) bond motifs is 5. The lowest BCUT2D eigenvalue weighted by Gasteiger charge is -2.51. The number of rotatable bonds is 3. The molecular formula is C26H27NO3. The van der Waals surface area contributed by atoms with E-state index in [1.54, 1.807) is 0 Å². The van der Waals surface area contributed by atoms with Gasteiger partial charge in [0.05, 0.1) is 5.60 Å². The van der Waals surface area contributed by atoms with Crippen LogP contribution in [0.5, 0.6) is 0 Å². The summed E-state index contributed by atoms with van der Waals surface area (Å²) in [6.07, 6.45) is 9.51. The predicted octanol–water partition coefficient (Wildman–Crippen LogP) is 4.71. The highest BCUT2D eigenvalue weighted by molar-refractivity contribution is 5.79. The quantitative estimate of drug-likeness (QED) is 0.758. The Morgan fingerprint density at radius 1 is 1.07 bits per heavy atom. The average Bonchev–Trinajstić information content (AvgIpc) is 3.05. The fraction of sp³-hybridized carbons (Fsp3) is 0.423. The van der Waals surface area contributed by atoms with Crippen LogP contribution in [0.4, 0.5) is 4.79 Å². The van der Waals surface area contributed by atoms with Gasteiger partial charge >= 0.3 is 6.09 Å². The van der Waals surface area contributed by atoms with E-state index < -0.39 is 5.60 Å². The van der Waals surface area contributed by atoms with Gasteiger partial charge in [-0.1, -0.05) is 48.5 Å². The molecule has 0 aromatic heterocycles. The van der Waals surface area contributed by atoms with E-state index in [4.69, 9.17) is 11.2 Å². The first kappa shape index (κ1) is 19.2. The van der Waals surface area contributed by atoms with Crippen LogP contribution in [0.3, 0.4) is 0 Å². The summed E-state index contributed by atoms with van der Waals surface area (Å²) in [5.41, 5.74) is 4.03. The molecule has 5 rings (SSSR count). The summed E-state index contributed by atoms with van der Waals surface area (Å²) < 4.78 is 5.91. The van der Waals surface area contributed by atoms with Gasteiger partial charge in [0.25, 0.3) is 0 Å². The van der Waals surface area contributed by atoms with Crippen LogP contribution in [-0.4, -0.2) is 40.4 Å². The third-order valence-electron chi connectivity index (χ3n) is 7.07. The van der Waals surface area contributed by atoms with E-state index in [2.05, 4.69) is 42.3 Å². The number of hydrogen-bond donors (Lipinski definition) is 1. The first-order chi connectivity index (χ1) is 14.6. The number of benzene rings is 2. The summed E-state index contributed by atoms with van der Waals surface area (Å²) in [5.74, 6) is 2.67. The van der Waals surface area contributed by atoms with Gasteiger partial charge in [-0.15, -0.1) is 12.3 Å². The second-order valence-electron chi connectivity index (χ2n) is 8.96. The Labute approximate surface area is 177 Å². The fourth-order valence-electron chi connectivity index (χ4n) is 5.83. The van der Waals surface area contributed by atoms with Crippen LogP contribution in [0, 0.1) is 12.3 Å². The highest BCUT2D eigenvalue weighted by atomic mass is 16.6. The molecule has 2 heterocycles. The third kappa shape index (κ3) is 3.18. The number of piperidine rings is 2. The maximum Gasteiger partial charge on any atom is 0.410 e. The zero-order valence-electron chi connectivity index (χ0n) is 17.1. The van der Waals surface area contributed by atoms with Gasteiger partial charge in [0, 0.05) is 24.4 Å². The normalized spacial score (nSPS) is 27.1. The van der Waals surface area contributed by atoms with Gasteiger partial charge in [0.1, 0.15) is 6.61 Å². The number of hydrogen-bond acceptors (Lipinski definition) is 3. The Kier molecular flexibility index (Phi) is 4.79. The van der Waals surface area contributed by atoms with E-state index in [-0.39, 0.29) is 24.1 Å². The Morgan fingerprint density at radius 2 is 1.63 bits per heavy atom. The van der Waals surface area contributed by atoms with Crippen molar-refractivity contribution in [2.45, 2.75) is 62.1 Å². The summed E-state index contributed by atoms with van der Waals surface area (Å²) in [6.45, 7) is 0.331. The molecule has 1 amide bonds. The molecule has 4 heteroatoms. The molecule has 0 radical (unpaired) electrons. The third-order valence-corrected chi connectivity index (χ3v) is 7.07. The minimum Gasteiger partial charge on any atom is -0.448 e. The topological polar surface area (TPSA) is 49.8 Å². The maximum atomic E-state index is 13.1. The molecule has 2 aromatic carbocycles. The van der Waals surface area contributed by atoms with Crippen molar-refractivity contribution in [1.82, 2.24) is 4.90 Å². The molecule has 2 saturated heterocycles. The fourth-order valence-corrected chi connectivity index (χ4v) is 5.83. The van der Waals surface area contributed by atoms with Crippen LogP contribution in [0.2, 0.25) is 0 Å². The smallest absolute Gasteiger partial charge is 0.410 e. The molecule has 2 aromatic rings. The molecule has 1 aliphatic carbocycles. The van der Waals surface area contributed by atoms with Crippen LogP contribution in [0.1, 0.15) is 55.6 Å². The second-order valence-corrected chi connectivity index (χ2v) is 8.96. The van der Waals surface area contributed by atoms with E-state index in [1.807, 2.05) is 17.0 Å². The molecule has 0 spiro atoms. The molecule has 0 saturated carbocycles. The summed E-state index contributed by atoms with van der Waals surface area (Å²) in [6, 6.07) is 16.7. The first-order valence-corrected chi connectivity index (χ1v) is 10.9. The summed E-state index contributed by atoms with van der Waals surface area (Å²) in [7, 11) is 0. The molecule has 1 N–H and O–H groups in total. The van der Waals surface area contributed by atoms with E-state index in [9.17, 15) is 9.90 Å². The lowest BCUT2D eigenvalue weighted by molar-refractivity contribution is -0.0816. The number of carbonyl (C=O) groups is 1. The summed E-state index contributed by atoms with van der Waals surface area (Å²) in [4.78, 5) is 15.0. The Balaban J connectivity index is 1.33. The van der Waals surface area contributed by atoms with Gasteiger partial charge in [-0.25, -0.2) is 4.79 Å². The number of ether oxygens (including phenoxy) is 1. The second kappa shape index (κ2) is 7.49. The zero-order chi connectivity index (χ0) is 20.7. The number of aliphatic hydroxyl groups is 1. The molecular weight excluding hydrogens is 374 g/mol. The van der Waals surface area contributed by atoms with Crippen molar-refractivity contribution in [3.63, 3.8) is 0 Å². The van der Waals surface area contributed by atoms with Crippen molar-refractivity contribution >= 4 is 6.09 Å². The first-order valence-electron chi connectivity index (χ1n) is 10.9. The van der Waals surface area contributed by atoms with Crippen LogP contribution in [0.25, 0.3) is 11.1 Å². The lowest BCUT2D eigenvalue weighted by atomic mass is 9.74. The zero-order valence-corrected chi connectivity index (χ0v) is 17.1. The molecule has 2 unspecified atom stereocenters. The molecule has 154 valence electrons. The number of carbonyl (C=O) groups excluding carboxylic acids is 1. The highest BCUT2D eigenvalue weighted by Gasteiger charge is 2.47. The number of nitrogens with zero attached hydrogens (tertiary/aromatic N) is 1. The Bertz CT molecular complexity index is 948. The van der Waals surface area contributed by atoms with Crippen LogP contribution in [-0.2, 0) is 4.74 Å². The molecule has 4 nitrogen and oxygen atoms in total. The van der Waals surface area contributed by atoms with E-state index >= 15 is 0 Å². The van der Waals surface area contributed by atoms with Crippen LogP contribution >= 0.6 is 0 Å². The van der Waals surface area contributed by atoms with E-state index in [0.717, 1.165) is 19.3 Å². The van der Waals surface area contributed by atoms with Gasteiger partial charge in [0.2, 0.25) is 0 Å². The van der Waals surface area contributed by atoms with Crippen molar-refractivity contribution < 1.29 is 14.6 Å². The maximum absolute atomic E-state index is 13.1. The van der Waals surface area contributed by atoms with Crippen LogP contribution < -0.4 is 0 Å². The minimum atomic E-state index is -0.857. The Morgan fingerprint density at radius 3 is 2.20 bits per heavy atom. The number of terminal acetylenes is 1. The molecule has 2 atom stereocenters. The molecule has 2 fully saturated rings. The Hall–Kier alpha value is -2.77. The monoisotopic (exact) mass is 401 g/mol. The van der Waals surface area contributed by atoms with E-state index in [1.165, 1.54) is 22.3 Å². The van der Waals surface area contributed by atoms with Gasteiger partial charge < -0.3 is 14.7 Å².